The van der Waals surface area contributed by atoms with E-state index in [2.05, 4.69) is 0 Å². The Morgan fingerprint density at radius 3 is 2.52 bits per heavy atom. The summed E-state index contributed by atoms with van der Waals surface area (Å²) >= 11 is 6.65. The molecule has 0 unspecified atom stereocenters. The van der Waals surface area contributed by atoms with Crippen molar-refractivity contribution in [2.24, 2.45) is 0 Å². The van der Waals surface area contributed by atoms with E-state index in [1.165, 1.54) is 11.8 Å². The van der Waals surface area contributed by atoms with E-state index in [1.54, 1.807) is 23.1 Å². The highest BCUT2D eigenvalue weighted by Crippen LogP contribution is 2.33. The predicted octanol–water partition coefficient (Wildman–Crippen LogP) is 3.94. The van der Waals surface area contributed by atoms with Gasteiger partial charge in [0.2, 0.25) is 0 Å². The average Bonchev–Trinajstić information content (AvgIpc) is 2.91. The number of nitrogens with zero attached hydrogens (tertiary/aromatic N) is 1. The molecule has 1 fully saturated rings. The van der Waals surface area contributed by atoms with E-state index < -0.39 is 5.97 Å². The van der Waals surface area contributed by atoms with Crippen LogP contribution in [0.25, 0.3) is 6.08 Å². The Morgan fingerprint density at radius 1 is 1.15 bits per heavy atom. The lowest BCUT2D eigenvalue weighted by molar-refractivity contribution is -0.137. The van der Waals surface area contributed by atoms with Crippen molar-refractivity contribution in [1.82, 2.24) is 4.90 Å². The number of thioether (sulfide) groups is 1. The molecule has 1 N–H and O–H groups in total. The van der Waals surface area contributed by atoms with Crippen LogP contribution in [0.5, 0.6) is 5.75 Å². The fourth-order valence-electron chi connectivity index (χ4n) is 2.47. The molecular formula is C20H17NO4S2. The minimum atomic E-state index is -0.899. The van der Waals surface area contributed by atoms with Crippen LogP contribution in [0, 0.1) is 0 Å². The Kier molecular flexibility index (Phi) is 6.26. The highest BCUT2D eigenvalue weighted by Gasteiger charge is 2.31. The van der Waals surface area contributed by atoms with Crippen molar-refractivity contribution in [3.8, 4) is 5.75 Å². The predicted molar refractivity (Wildman–Crippen MR) is 109 cm³/mol. The van der Waals surface area contributed by atoms with Gasteiger partial charge in [0.05, 0.1) is 24.5 Å². The number of aliphatic carboxylic acids is 1. The molecule has 138 valence electrons. The molecule has 2 aromatic carbocycles. The molecule has 0 atom stereocenters. The summed E-state index contributed by atoms with van der Waals surface area (Å²) in [7, 11) is 0. The van der Waals surface area contributed by atoms with Crippen LogP contribution in [0.2, 0.25) is 0 Å². The van der Waals surface area contributed by atoms with E-state index >= 15 is 0 Å². The number of ether oxygens (including phenoxy) is 1. The summed E-state index contributed by atoms with van der Waals surface area (Å²) in [6.45, 7) is 0.575. The van der Waals surface area contributed by atoms with E-state index in [1.807, 2.05) is 42.5 Å². The summed E-state index contributed by atoms with van der Waals surface area (Å²) in [5.41, 5.74) is 1.87. The van der Waals surface area contributed by atoms with Crippen LogP contribution in [0.15, 0.2) is 59.5 Å². The van der Waals surface area contributed by atoms with Crippen LogP contribution in [0.4, 0.5) is 0 Å². The zero-order valence-corrected chi connectivity index (χ0v) is 16.0. The zero-order valence-electron chi connectivity index (χ0n) is 14.3. The van der Waals surface area contributed by atoms with E-state index in [0.717, 1.165) is 11.1 Å². The standard InChI is InChI=1S/C20H17NO4S2/c22-18(23)10-11-25-16-8-6-14(7-9-16)12-17-19(24)21(20(26)27-17)13-15-4-2-1-3-5-15/h1-9,12H,10-11,13H2,(H,22,23)/b17-12+. The molecule has 1 heterocycles. The molecule has 5 nitrogen and oxygen atoms in total. The van der Waals surface area contributed by atoms with Crippen molar-refractivity contribution in [2.45, 2.75) is 13.0 Å². The molecule has 0 spiro atoms. The molecule has 0 saturated carbocycles. The lowest BCUT2D eigenvalue weighted by atomic mass is 10.2. The van der Waals surface area contributed by atoms with Gasteiger partial charge in [-0.2, -0.15) is 0 Å². The van der Waals surface area contributed by atoms with Gasteiger partial charge in [-0.05, 0) is 29.3 Å². The van der Waals surface area contributed by atoms with Crippen molar-refractivity contribution in [1.29, 1.82) is 0 Å². The minimum Gasteiger partial charge on any atom is -0.493 e. The van der Waals surface area contributed by atoms with E-state index in [0.29, 0.717) is 21.5 Å². The summed E-state index contributed by atoms with van der Waals surface area (Å²) in [5, 5.41) is 8.62. The number of rotatable bonds is 7. The zero-order chi connectivity index (χ0) is 19.2. The number of amides is 1. The fourth-order valence-corrected chi connectivity index (χ4v) is 3.73. The number of hydrogen-bond acceptors (Lipinski definition) is 5. The Hall–Kier alpha value is -2.64. The maximum atomic E-state index is 12.7. The maximum Gasteiger partial charge on any atom is 0.306 e. The molecule has 27 heavy (non-hydrogen) atoms. The van der Waals surface area contributed by atoms with E-state index in [9.17, 15) is 9.59 Å². The highest BCUT2D eigenvalue weighted by atomic mass is 32.2. The Morgan fingerprint density at radius 2 is 1.85 bits per heavy atom. The van der Waals surface area contributed by atoms with Crippen LogP contribution in [0.3, 0.4) is 0 Å². The SMILES string of the molecule is O=C(O)CCOc1ccc(/C=C2/SC(=S)N(Cc3ccccc3)C2=O)cc1. The molecule has 0 aliphatic carbocycles. The molecule has 7 heteroatoms. The second kappa shape index (κ2) is 8.83. The largest absolute Gasteiger partial charge is 0.493 e. The molecule has 3 rings (SSSR count). The van der Waals surface area contributed by atoms with E-state index in [4.69, 9.17) is 22.1 Å². The monoisotopic (exact) mass is 399 g/mol. The average molecular weight is 399 g/mol. The lowest BCUT2D eigenvalue weighted by Gasteiger charge is -2.14. The number of carbonyl (C=O) groups is 2. The first kappa shape index (κ1) is 19.1. The summed E-state index contributed by atoms with van der Waals surface area (Å²) < 4.78 is 5.91. The topological polar surface area (TPSA) is 66.8 Å². The molecule has 0 radical (unpaired) electrons. The molecule has 0 bridgehead atoms. The number of benzene rings is 2. The van der Waals surface area contributed by atoms with Gasteiger partial charge < -0.3 is 9.84 Å². The van der Waals surface area contributed by atoms with Crippen LogP contribution in [-0.4, -0.2) is 32.8 Å². The van der Waals surface area contributed by atoms with Gasteiger partial charge in [0.25, 0.3) is 5.91 Å². The molecule has 1 saturated heterocycles. The second-order valence-corrected chi connectivity index (χ2v) is 7.49. The third-order valence-electron chi connectivity index (χ3n) is 3.82. The minimum absolute atomic E-state index is 0.0500. The maximum absolute atomic E-state index is 12.7. The molecule has 1 aliphatic rings. The lowest BCUT2D eigenvalue weighted by Crippen LogP contribution is -2.27. The van der Waals surface area contributed by atoms with Crippen LogP contribution in [-0.2, 0) is 16.1 Å². The summed E-state index contributed by atoms with van der Waals surface area (Å²) in [6, 6.07) is 16.9. The molecular weight excluding hydrogens is 382 g/mol. The van der Waals surface area contributed by atoms with Crippen LogP contribution >= 0.6 is 24.0 Å². The summed E-state index contributed by atoms with van der Waals surface area (Å²) in [5.74, 6) is -0.412. The Balaban J connectivity index is 1.65. The Labute approximate surface area is 166 Å². The van der Waals surface area contributed by atoms with Crippen LogP contribution < -0.4 is 4.74 Å². The van der Waals surface area contributed by atoms with Crippen molar-refractivity contribution in [3.63, 3.8) is 0 Å². The normalized spacial score (nSPS) is 15.4. The van der Waals surface area contributed by atoms with Gasteiger partial charge in [-0.1, -0.05) is 66.4 Å². The number of thiocarbonyl (C=S) groups is 1. The van der Waals surface area contributed by atoms with Gasteiger partial charge >= 0.3 is 5.97 Å². The highest BCUT2D eigenvalue weighted by molar-refractivity contribution is 8.26. The molecule has 2 aromatic rings. The van der Waals surface area contributed by atoms with Crippen molar-refractivity contribution in [2.75, 3.05) is 6.61 Å². The van der Waals surface area contributed by atoms with Gasteiger partial charge in [0.1, 0.15) is 10.1 Å². The second-order valence-electron chi connectivity index (χ2n) is 5.81. The number of carboxylic acids is 1. The van der Waals surface area contributed by atoms with Crippen molar-refractivity contribution in [3.05, 3.63) is 70.6 Å². The smallest absolute Gasteiger partial charge is 0.306 e. The van der Waals surface area contributed by atoms with Crippen LogP contribution in [0.1, 0.15) is 17.5 Å². The third kappa shape index (κ3) is 5.18. The first-order valence-corrected chi connectivity index (χ1v) is 9.49. The first-order valence-electron chi connectivity index (χ1n) is 8.27. The Bertz CT molecular complexity index is 879. The van der Waals surface area contributed by atoms with Crippen molar-refractivity contribution >= 4 is 46.3 Å². The fraction of sp³-hybridized carbons (Fsp3) is 0.150. The number of hydrogen-bond donors (Lipinski definition) is 1. The van der Waals surface area contributed by atoms with Gasteiger partial charge in [0.15, 0.2) is 0 Å². The van der Waals surface area contributed by atoms with Gasteiger partial charge in [0, 0.05) is 0 Å². The number of carboxylic acid groups (broad SMARTS) is 1. The van der Waals surface area contributed by atoms with Crippen molar-refractivity contribution < 1.29 is 19.4 Å². The third-order valence-corrected chi connectivity index (χ3v) is 5.20. The molecule has 1 amide bonds. The quantitative estimate of drug-likeness (QED) is 0.562. The summed E-state index contributed by atoms with van der Waals surface area (Å²) in [4.78, 5) is 25.3. The van der Waals surface area contributed by atoms with E-state index in [-0.39, 0.29) is 18.9 Å². The number of carbonyl (C=O) groups excluding carboxylic acids is 1. The van der Waals surface area contributed by atoms with Gasteiger partial charge in [-0.25, -0.2) is 0 Å². The van der Waals surface area contributed by atoms with Gasteiger partial charge in [-0.3, -0.25) is 14.5 Å². The summed E-state index contributed by atoms with van der Waals surface area (Å²) in [6.07, 6.45) is 1.75. The first-order chi connectivity index (χ1) is 13.0. The van der Waals surface area contributed by atoms with Gasteiger partial charge in [-0.15, -0.1) is 0 Å². The molecule has 1 aliphatic heterocycles. The molecule has 0 aromatic heterocycles.